The van der Waals surface area contributed by atoms with Crippen LogP contribution in [-0.2, 0) is 17.9 Å². The second-order valence-corrected chi connectivity index (χ2v) is 5.04. The van der Waals surface area contributed by atoms with E-state index in [0.29, 0.717) is 14.6 Å². The molecule has 1 aromatic heterocycles. The number of allylic oxidation sites excluding steroid dienone is 1. The van der Waals surface area contributed by atoms with Gasteiger partial charge in [0.25, 0.3) is 5.56 Å². The van der Waals surface area contributed by atoms with Crippen LogP contribution in [0.2, 0.25) is 0 Å². The fourth-order valence-corrected chi connectivity index (χ4v) is 2.34. The van der Waals surface area contributed by atoms with Crippen molar-refractivity contribution in [1.82, 2.24) is 9.13 Å². The smallest absolute Gasteiger partial charge is 0.332 e. The average molecular weight is 339 g/mol. The van der Waals surface area contributed by atoms with Gasteiger partial charge in [-0.3, -0.25) is 14.2 Å². The highest BCUT2D eigenvalue weighted by Crippen LogP contribution is 2.16. The molecule has 1 N–H and O–H groups in total. The topological polar surface area (TPSA) is 81.3 Å². The van der Waals surface area contributed by atoms with Crippen LogP contribution >= 0.6 is 15.9 Å². The molecular formula is C13H11BrN2O4. The Bertz CT molecular complexity index is 819. The number of aromatic nitrogens is 2. The Morgan fingerprint density at radius 2 is 2.05 bits per heavy atom. The minimum Gasteiger partial charge on any atom is -0.480 e. The number of fused-ring (bicyclic) bond motifs is 1. The largest absolute Gasteiger partial charge is 0.480 e. The van der Waals surface area contributed by atoms with Gasteiger partial charge in [-0.1, -0.05) is 22.0 Å². The molecule has 0 aliphatic carbocycles. The molecule has 0 aliphatic rings. The number of benzene rings is 1. The minimum absolute atomic E-state index is 0.191. The van der Waals surface area contributed by atoms with Gasteiger partial charge in [-0.2, -0.15) is 0 Å². The fourth-order valence-electron chi connectivity index (χ4n) is 1.98. The first-order valence-electron chi connectivity index (χ1n) is 5.71. The normalized spacial score (nSPS) is 10.7. The van der Waals surface area contributed by atoms with Crippen molar-refractivity contribution in [3.63, 3.8) is 0 Å². The third kappa shape index (κ3) is 2.44. The molecule has 6 nitrogen and oxygen atoms in total. The van der Waals surface area contributed by atoms with Crippen LogP contribution in [-0.4, -0.2) is 20.2 Å². The number of carbonyl (C=O) groups is 1. The summed E-state index contributed by atoms with van der Waals surface area (Å²) in [5, 5.41) is 9.11. The van der Waals surface area contributed by atoms with Crippen molar-refractivity contribution in [2.45, 2.75) is 13.1 Å². The molecule has 0 saturated heterocycles. The number of halogens is 1. The molecular weight excluding hydrogens is 328 g/mol. The Morgan fingerprint density at radius 1 is 1.35 bits per heavy atom. The average Bonchev–Trinajstić information content (AvgIpc) is 2.39. The molecule has 1 heterocycles. The van der Waals surface area contributed by atoms with Crippen LogP contribution < -0.4 is 11.2 Å². The molecule has 2 aromatic rings. The van der Waals surface area contributed by atoms with E-state index in [-0.39, 0.29) is 11.9 Å². The van der Waals surface area contributed by atoms with E-state index in [1.165, 1.54) is 10.6 Å². The van der Waals surface area contributed by atoms with Crippen LogP contribution in [0.4, 0.5) is 0 Å². The summed E-state index contributed by atoms with van der Waals surface area (Å²) in [6.07, 6.45) is 1.51. The highest BCUT2D eigenvalue weighted by Gasteiger charge is 2.14. The Kier molecular flexibility index (Phi) is 3.89. The van der Waals surface area contributed by atoms with Gasteiger partial charge in [-0.15, -0.1) is 6.58 Å². The lowest BCUT2D eigenvalue weighted by molar-refractivity contribution is -0.137. The van der Waals surface area contributed by atoms with Crippen molar-refractivity contribution >= 4 is 32.8 Å². The molecule has 0 spiro atoms. The van der Waals surface area contributed by atoms with Crippen LogP contribution in [0.25, 0.3) is 10.9 Å². The van der Waals surface area contributed by atoms with Crippen LogP contribution in [0.1, 0.15) is 0 Å². The first-order chi connectivity index (χ1) is 9.45. The number of carboxylic acid groups (broad SMARTS) is 1. The molecule has 2 rings (SSSR count). The van der Waals surface area contributed by atoms with Gasteiger partial charge in [-0.05, 0) is 18.2 Å². The van der Waals surface area contributed by atoms with Crippen molar-refractivity contribution in [3.05, 3.63) is 56.2 Å². The number of hydrogen-bond acceptors (Lipinski definition) is 3. The van der Waals surface area contributed by atoms with Gasteiger partial charge >= 0.3 is 11.7 Å². The van der Waals surface area contributed by atoms with Gasteiger partial charge in [0.15, 0.2) is 0 Å². The van der Waals surface area contributed by atoms with E-state index in [4.69, 9.17) is 5.11 Å². The van der Waals surface area contributed by atoms with Gasteiger partial charge < -0.3 is 5.11 Å². The van der Waals surface area contributed by atoms with Gasteiger partial charge in [0.05, 0.1) is 10.9 Å². The molecule has 0 fully saturated rings. The monoisotopic (exact) mass is 338 g/mol. The highest BCUT2D eigenvalue weighted by molar-refractivity contribution is 9.10. The van der Waals surface area contributed by atoms with Crippen LogP contribution in [0.3, 0.4) is 0 Å². The second-order valence-electron chi connectivity index (χ2n) is 4.13. The third-order valence-electron chi connectivity index (χ3n) is 2.79. The zero-order valence-electron chi connectivity index (χ0n) is 10.4. The van der Waals surface area contributed by atoms with Crippen LogP contribution in [0, 0.1) is 0 Å². The SMILES string of the molecule is C=CCn1c(=O)n(CC(=O)O)c(=O)c2cc(Br)ccc21. The van der Waals surface area contributed by atoms with E-state index in [0.717, 1.165) is 0 Å². The summed E-state index contributed by atoms with van der Waals surface area (Å²) in [5.41, 5.74) is -0.828. The van der Waals surface area contributed by atoms with E-state index >= 15 is 0 Å². The maximum Gasteiger partial charge on any atom is 0.332 e. The Balaban J connectivity index is 2.94. The summed E-state index contributed by atoms with van der Waals surface area (Å²) < 4.78 is 2.70. The lowest BCUT2D eigenvalue weighted by atomic mass is 10.2. The maximum atomic E-state index is 12.2. The zero-order chi connectivity index (χ0) is 14.9. The molecule has 0 saturated carbocycles. The van der Waals surface area contributed by atoms with E-state index in [9.17, 15) is 14.4 Å². The molecule has 0 bridgehead atoms. The summed E-state index contributed by atoms with van der Waals surface area (Å²) in [6.45, 7) is 3.08. The van der Waals surface area contributed by atoms with Gasteiger partial charge in [0.1, 0.15) is 6.54 Å². The zero-order valence-corrected chi connectivity index (χ0v) is 12.0. The van der Waals surface area contributed by atoms with Crippen LogP contribution in [0.15, 0.2) is 44.9 Å². The second kappa shape index (κ2) is 5.46. The van der Waals surface area contributed by atoms with E-state index in [2.05, 4.69) is 22.5 Å². The van der Waals surface area contributed by atoms with E-state index < -0.39 is 23.8 Å². The van der Waals surface area contributed by atoms with E-state index in [1.54, 1.807) is 18.2 Å². The quantitative estimate of drug-likeness (QED) is 0.849. The molecule has 0 atom stereocenters. The molecule has 0 aliphatic heterocycles. The minimum atomic E-state index is -1.25. The predicted octanol–water partition coefficient (Wildman–Crippen LogP) is 1.20. The highest BCUT2D eigenvalue weighted by atomic mass is 79.9. The Hall–Kier alpha value is -2.15. The van der Waals surface area contributed by atoms with Crippen molar-refractivity contribution in [1.29, 1.82) is 0 Å². The summed E-state index contributed by atoms with van der Waals surface area (Å²) in [6, 6.07) is 4.91. The van der Waals surface area contributed by atoms with Crippen molar-refractivity contribution < 1.29 is 9.90 Å². The number of aliphatic carboxylic acids is 1. The molecule has 0 unspecified atom stereocenters. The molecule has 0 radical (unpaired) electrons. The summed E-state index contributed by atoms with van der Waals surface area (Å²) in [7, 11) is 0. The standard InChI is InChI=1S/C13H11BrN2O4/c1-2-5-15-10-4-3-8(14)6-9(10)12(19)16(13(15)20)7-11(17)18/h2-4,6H,1,5,7H2,(H,17,18). The summed E-state index contributed by atoms with van der Waals surface area (Å²) in [4.78, 5) is 35.3. The Labute approximate surface area is 121 Å². The molecule has 0 amide bonds. The van der Waals surface area contributed by atoms with Gasteiger partial charge in [0, 0.05) is 11.0 Å². The molecule has 104 valence electrons. The summed E-state index contributed by atoms with van der Waals surface area (Å²) in [5.74, 6) is -1.25. The number of hydrogen-bond donors (Lipinski definition) is 1. The fraction of sp³-hybridized carbons (Fsp3) is 0.154. The lowest BCUT2D eigenvalue weighted by Crippen LogP contribution is -2.41. The molecule has 20 heavy (non-hydrogen) atoms. The van der Waals surface area contributed by atoms with Crippen molar-refractivity contribution in [2.24, 2.45) is 0 Å². The molecule has 7 heteroatoms. The summed E-state index contributed by atoms with van der Waals surface area (Å²) >= 11 is 3.25. The molecule has 1 aromatic carbocycles. The predicted molar refractivity (Wildman–Crippen MR) is 78.0 cm³/mol. The van der Waals surface area contributed by atoms with Gasteiger partial charge in [-0.25, -0.2) is 9.36 Å². The number of nitrogens with zero attached hydrogens (tertiary/aromatic N) is 2. The van der Waals surface area contributed by atoms with Crippen LogP contribution in [0.5, 0.6) is 0 Å². The number of rotatable bonds is 4. The third-order valence-corrected chi connectivity index (χ3v) is 3.29. The van der Waals surface area contributed by atoms with Crippen molar-refractivity contribution in [3.8, 4) is 0 Å². The number of carboxylic acids is 1. The maximum absolute atomic E-state index is 12.2. The first-order valence-corrected chi connectivity index (χ1v) is 6.50. The van der Waals surface area contributed by atoms with Gasteiger partial charge in [0.2, 0.25) is 0 Å². The van der Waals surface area contributed by atoms with E-state index in [1.807, 2.05) is 0 Å². The Morgan fingerprint density at radius 3 is 2.65 bits per heavy atom. The lowest BCUT2D eigenvalue weighted by Gasteiger charge is -2.11. The first kappa shape index (κ1) is 14.3. The van der Waals surface area contributed by atoms with Crippen molar-refractivity contribution in [2.75, 3.05) is 0 Å².